The van der Waals surface area contributed by atoms with Crippen molar-refractivity contribution in [1.29, 1.82) is 0 Å². The lowest BCUT2D eigenvalue weighted by molar-refractivity contribution is -0.129. The molecule has 0 aliphatic heterocycles. The smallest absolute Gasteiger partial charge is 0.364 e. The molecule has 0 amide bonds. The van der Waals surface area contributed by atoms with Gasteiger partial charge >= 0.3 is 10.3 Å². The molecule has 0 saturated heterocycles. The van der Waals surface area contributed by atoms with Crippen LogP contribution in [0.2, 0.25) is 0 Å². The minimum Gasteiger partial charge on any atom is -0.390 e. The van der Waals surface area contributed by atoms with Gasteiger partial charge in [-0.2, -0.15) is 8.42 Å². The monoisotopic (exact) mass is 408 g/mol. The third kappa shape index (κ3) is 3.11. The Bertz CT molecular complexity index is 913. The van der Waals surface area contributed by atoms with Crippen molar-refractivity contribution in [2.45, 2.75) is 51.4 Å². The Morgan fingerprint density at radius 1 is 1.21 bits per heavy atom. The molecule has 0 aromatic heterocycles. The SMILES string of the molecule is CN(C)c1c(ONS(=O)(=O)O)ccc2c1CC[C@@H]1[C@@H]2CC[C@]2(C)C(=O)CC[C@@H]12. The maximum Gasteiger partial charge on any atom is 0.364 e. The van der Waals surface area contributed by atoms with Gasteiger partial charge < -0.3 is 9.74 Å². The van der Waals surface area contributed by atoms with E-state index in [9.17, 15) is 13.2 Å². The van der Waals surface area contributed by atoms with Gasteiger partial charge in [0.2, 0.25) is 0 Å². The Kier molecular flexibility index (Phi) is 4.71. The molecule has 8 heteroatoms. The summed E-state index contributed by atoms with van der Waals surface area (Å²) >= 11 is 0. The van der Waals surface area contributed by atoms with Gasteiger partial charge in [0, 0.05) is 25.9 Å². The van der Waals surface area contributed by atoms with Gasteiger partial charge in [-0.1, -0.05) is 13.0 Å². The molecule has 4 atom stereocenters. The van der Waals surface area contributed by atoms with Crippen LogP contribution in [0.4, 0.5) is 5.69 Å². The van der Waals surface area contributed by atoms with Gasteiger partial charge in [0.15, 0.2) is 5.75 Å². The largest absolute Gasteiger partial charge is 0.390 e. The fourth-order valence-corrected chi connectivity index (χ4v) is 6.26. The van der Waals surface area contributed by atoms with E-state index in [2.05, 4.69) is 6.92 Å². The highest BCUT2D eigenvalue weighted by atomic mass is 32.2. The number of hydrogen-bond acceptors (Lipinski definition) is 5. The Balaban J connectivity index is 1.70. The second-order valence-corrected chi connectivity index (χ2v) is 9.99. The molecule has 0 radical (unpaired) electrons. The molecule has 0 bridgehead atoms. The molecule has 2 N–H and O–H groups in total. The Morgan fingerprint density at radius 2 is 1.96 bits per heavy atom. The summed E-state index contributed by atoms with van der Waals surface area (Å²) < 4.78 is 30.9. The molecule has 28 heavy (non-hydrogen) atoms. The number of benzene rings is 1. The van der Waals surface area contributed by atoms with Crippen molar-refractivity contribution in [2.75, 3.05) is 19.0 Å². The van der Waals surface area contributed by atoms with Gasteiger partial charge in [0.1, 0.15) is 5.78 Å². The molecule has 154 valence electrons. The van der Waals surface area contributed by atoms with E-state index in [1.807, 2.05) is 25.1 Å². The van der Waals surface area contributed by atoms with Crippen molar-refractivity contribution in [2.24, 2.45) is 17.3 Å². The molecule has 4 rings (SSSR count). The maximum absolute atomic E-state index is 12.5. The van der Waals surface area contributed by atoms with Crippen molar-refractivity contribution in [3.05, 3.63) is 23.3 Å². The van der Waals surface area contributed by atoms with Crippen LogP contribution in [0.1, 0.15) is 56.1 Å². The average molecular weight is 409 g/mol. The number of anilines is 1. The minimum absolute atomic E-state index is 0.147. The Hall–Kier alpha value is -1.64. The first kappa shape index (κ1) is 19.7. The maximum atomic E-state index is 12.5. The van der Waals surface area contributed by atoms with E-state index >= 15 is 0 Å². The summed E-state index contributed by atoms with van der Waals surface area (Å²) in [6.45, 7) is 2.17. The van der Waals surface area contributed by atoms with E-state index in [0.717, 1.165) is 37.8 Å². The number of rotatable bonds is 4. The molecule has 0 spiro atoms. The van der Waals surface area contributed by atoms with E-state index in [0.29, 0.717) is 35.7 Å². The lowest BCUT2D eigenvalue weighted by atomic mass is 9.55. The molecule has 7 nitrogen and oxygen atoms in total. The topological polar surface area (TPSA) is 95.9 Å². The molecule has 2 fully saturated rings. The van der Waals surface area contributed by atoms with Gasteiger partial charge in [-0.15, -0.1) is 0 Å². The fraction of sp³-hybridized carbons (Fsp3) is 0.650. The second kappa shape index (κ2) is 6.71. The molecule has 1 aromatic rings. The zero-order chi connectivity index (χ0) is 20.3. The molecular formula is C20H28N2O5S. The van der Waals surface area contributed by atoms with Gasteiger partial charge in [0.25, 0.3) is 0 Å². The lowest BCUT2D eigenvalue weighted by Gasteiger charge is -2.48. The second-order valence-electron chi connectivity index (χ2n) is 8.87. The van der Waals surface area contributed by atoms with Crippen LogP contribution in [0, 0.1) is 17.3 Å². The highest BCUT2D eigenvalue weighted by Crippen LogP contribution is 2.60. The minimum atomic E-state index is -4.45. The zero-order valence-electron chi connectivity index (χ0n) is 16.6. The predicted octanol–water partition coefficient (Wildman–Crippen LogP) is 2.86. The normalized spacial score (nSPS) is 31.7. The van der Waals surface area contributed by atoms with Crippen LogP contribution in [0.15, 0.2) is 12.1 Å². The summed E-state index contributed by atoms with van der Waals surface area (Å²) in [4.78, 5) is 21.3. The van der Waals surface area contributed by atoms with Gasteiger partial charge in [-0.25, -0.2) is 0 Å². The molecule has 0 heterocycles. The summed E-state index contributed by atoms with van der Waals surface area (Å²) in [7, 11) is -0.653. The number of carbonyl (C=O) groups excluding carboxylic acids is 1. The van der Waals surface area contributed by atoms with Crippen molar-refractivity contribution in [3.63, 3.8) is 0 Å². The summed E-state index contributed by atoms with van der Waals surface area (Å²) in [5.41, 5.74) is 3.16. The van der Waals surface area contributed by atoms with Gasteiger partial charge in [-0.05, 0) is 71.9 Å². The first-order chi connectivity index (χ1) is 13.1. The number of ketones is 1. The number of carbonyl (C=O) groups is 1. The van der Waals surface area contributed by atoms with Gasteiger partial charge in [-0.3, -0.25) is 9.35 Å². The third-order valence-corrected chi connectivity index (χ3v) is 7.55. The summed E-state index contributed by atoms with van der Waals surface area (Å²) in [5, 5.41) is 0. The van der Waals surface area contributed by atoms with E-state index in [-0.39, 0.29) is 5.41 Å². The highest BCUT2D eigenvalue weighted by Gasteiger charge is 2.54. The molecule has 3 aliphatic carbocycles. The number of fused-ring (bicyclic) bond motifs is 5. The molecule has 1 aromatic carbocycles. The standard InChI is InChI=1S/C20H28N2O5S/c1-20-11-10-13-12-6-8-17(27-21-28(24,25)26)19(22(2)3)15(12)5-4-14(13)16(20)7-9-18(20)23/h6,8,13-14,16,21H,4-5,7,9-11H2,1-3H3,(H,24,25,26)/t13-,14-,16+,20+/m1/s1. The molecular weight excluding hydrogens is 380 g/mol. The summed E-state index contributed by atoms with van der Waals surface area (Å²) in [6, 6.07) is 3.79. The first-order valence-corrected chi connectivity index (χ1v) is 11.3. The van der Waals surface area contributed by atoms with Gasteiger partial charge in [0.05, 0.1) is 5.69 Å². The highest BCUT2D eigenvalue weighted by molar-refractivity contribution is 7.83. The number of hydrogen-bond donors (Lipinski definition) is 2. The van der Waals surface area contributed by atoms with Crippen LogP contribution < -0.4 is 14.6 Å². The van der Waals surface area contributed by atoms with E-state index in [1.165, 1.54) is 11.1 Å². The van der Waals surface area contributed by atoms with Crippen molar-refractivity contribution in [1.82, 2.24) is 4.89 Å². The number of nitrogens with zero attached hydrogens (tertiary/aromatic N) is 1. The Morgan fingerprint density at radius 3 is 2.64 bits per heavy atom. The van der Waals surface area contributed by atoms with Crippen molar-refractivity contribution < 1.29 is 22.6 Å². The van der Waals surface area contributed by atoms with E-state index in [4.69, 9.17) is 9.39 Å². The fourth-order valence-electron chi connectivity index (χ4n) is 6.07. The van der Waals surface area contributed by atoms with Crippen molar-refractivity contribution >= 4 is 21.8 Å². The van der Waals surface area contributed by atoms with Crippen LogP contribution in [0.25, 0.3) is 0 Å². The van der Waals surface area contributed by atoms with Crippen LogP contribution >= 0.6 is 0 Å². The molecule has 0 unspecified atom stereocenters. The van der Waals surface area contributed by atoms with Crippen LogP contribution in [-0.2, 0) is 21.5 Å². The van der Waals surface area contributed by atoms with E-state index < -0.39 is 10.3 Å². The third-order valence-electron chi connectivity index (χ3n) is 7.26. The predicted molar refractivity (Wildman–Crippen MR) is 106 cm³/mol. The quantitative estimate of drug-likeness (QED) is 0.587. The summed E-state index contributed by atoms with van der Waals surface area (Å²) in [6.07, 6.45) is 5.57. The van der Waals surface area contributed by atoms with Crippen LogP contribution in [0.5, 0.6) is 5.75 Å². The zero-order valence-corrected chi connectivity index (χ0v) is 17.4. The van der Waals surface area contributed by atoms with Crippen LogP contribution in [0.3, 0.4) is 0 Å². The number of Topliss-reactive ketones (excluding diaryl/α,β-unsaturated/α-hetero) is 1. The Labute approximate surface area is 166 Å². The number of nitrogens with one attached hydrogen (secondary N) is 1. The lowest BCUT2D eigenvalue weighted by Crippen LogP contribution is -2.42. The van der Waals surface area contributed by atoms with E-state index in [1.54, 1.807) is 11.0 Å². The first-order valence-electron chi connectivity index (χ1n) is 9.89. The molecule has 3 aliphatic rings. The van der Waals surface area contributed by atoms with Crippen molar-refractivity contribution in [3.8, 4) is 5.75 Å². The average Bonchev–Trinajstić information content (AvgIpc) is 2.93. The van der Waals surface area contributed by atoms with Crippen LogP contribution in [-0.4, -0.2) is 32.8 Å². The molecule has 2 saturated carbocycles. The summed E-state index contributed by atoms with van der Waals surface area (Å²) in [5.74, 6) is 2.23.